The fourth-order valence-corrected chi connectivity index (χ4v) is 3.07. The zero-order valence-corrected chi connectivity index (χ0v) is 14.6. The summed E-state index contributed by atoms with van der Waals surface area (Å²) in [7, 11) is 0. The number of halogens is 1. The number of nitrogens with zero attached hydrogens (tertiary/aromatic N) is 4. The van der Waals surface area contributed by atoms with E-state index in [9.17, 15) is 0 Å². The van der Waals surface area contributed by atoms with Crippen LogP contribution >= 0.6 is 11.6 Å². The molecule has 0 aliphatic carbocycles. The summed E-state index contributed by atoms with van der Waals surface area (Å²) >= 11 is 6.20. The third kappa shape index (κ3) is 3.86. The van der Waals surface area contributed by atoms with E-state index in [-0.39, 0.29) is 5.41 Å². The molecule has 21 heavy (non-hydrogen) atoms. The van der Waals surface area contributed by atoms with E-state index in [1.807, 2.05) is 6.07 Å². The van der Waals surface area contributed by atoms with Crippen LogP contribution in [0.15, 0.2) is 6.07 Å². The zero-order chi connectivity index (χ0) is 15.6. The summed E-state index contributed by atoms with van der Waals surface area (Å²) in [6, 6.07) is 2.51. The molecule has 118 valence electrons. The molecule has 1 aliphatic heterocycles. The van der Waals surface area contributed by atoms with Crippen molar-refractivity contribution in [2.24, 2.45) is 0 Å². The lowest BCUT2D eigenvalue weighted by molar-refractivity contribution is 0.232. The molecule has 0 bridgehead atoms. The van der Waals surface area contributed by atoms with Gasteiger partial charge in [0, 0.05) is 30.6 Å². The molecule has 1 aliphatic rings. The first-order valence-electron chi connectivity index (χ1n) is 7.89. The summed E-state index contributed by atoms with van der Waals surface area (Å²) in [6.07, 6.45) is 1.19. The van der Waals surface area contributed by atoms with Crippen LogP contribution in [-0.4, -0.2) is 47.1 Å². The minimum atomic E-state index is -0.0857. The summed E-state index contributed by atoms with van der Waals surface area (Å²) in [5, 5.41) is 0.538. The SMILES string of the molecule is CCN(CC)C1CCN(c2cc(Cl)nc(C(C)(C)C)n2)C1. The van der Waals surface area contributed by atoms with Crippen LogP contribution in [-0.2, 0) is 5.41 Å². The van der Waals surface area contributed by atoms with Crippen molar-refractivity contribution in [1.29, 1.82) is 0 Å². The molecular formula is C16H27ClN4. The standard InChI is InChI=1S/C16H27ClN4/c1-6-20(7-2)12-8-9-21(11-12)14-10-13(17)18-15(19-14)16(3,4)5/h10,12H,6-9,11H2,1-5H3. The molecule has 1 fully saturated rings. The Hall–Kier alpha value is -0.870. The number of likely N-dealkylation sites (N-methyl/N-ethyl adjacent to an activating group) is 1. The molecule has 1 saturated heterocycles. The van der Waals surface area contributed by atoms with E-state index in [1.165, 1.54) is 6.42 Å². The molecule has 1 aromatic heterocycles. The lowest BCUT2D eigenvalue weighted by Gasteiger charge is -2.27. The third-order valence-electron chi connectivity index (χ3n) is 4.17. The van der Waals surface area contributed by atoms with E-state index in [1.54, 1.807) is 0 Å². The summed E-state index contributed by atoms with van der Waals surface area (Å²) in [6.45, 7) is 15.1. The van der Waals surface area contributed by atoms with Crippen molar-refractivity contribution in [3.63, 3.8) is 0 Å². The molecule has 2 rings (SSSR count). The number of aromatic nitrogens is 2. The number of hydrogen-bond acceptors (Lipinski definition) is 4. The minimum Gasteiger partial charge on any atom is -0.355 e. The molecular weight excluding hydrogens is 284 g/mol. The molecule has 0 radical (unpaired) electrons. The van der Waals surface area contributed by atoms with Crippen LogP contribution in [0.25, 0.3) is 0 Å². The predicted octanol–water partition coefficient (Wildman–Crippen LogP) is 3.35. The van der Waals surface area contributed by atoms with Gasteiger partial charge in [-0.1, -0.05) is 46.2 Å². The van der Waals surface area contributed by atoms with Crippen molar-refractivity contribution < 1.29 is 0 Å². The first-order chi connectivity index (χ1) is 9.85. The van der Waals surface area contributed by atoms with Crippen LogP contribution in [0.2, 0.25) is 5.15 Å². The van der Waals surface area contributed by atoms with Crippen molar-refractivity contribution >= 4 is 17.4 Å². The van der Waals surface area contributed by atoms with Gasteiger partial charge in [0.25, 0.3) is 0 Å². The molecule has 1 atom stereocenters. The van der Waals surface area contributed by atoms with Gasteiger partial charge in [-0.15, -0.1) is 0 Å². The van der Waals surface area contributed by atoms with Gasteiger partial charge in [0.05, 0.1) is 0 Å². The first-order valence-corrected chi connectivity index (χ1v) is 8.27. The van der Waals surface area contributed by atoms with Crippen LogP contribution in [0.1, 0.15) is 46.9 Å². The van der Waals surface area contributed by atoms with Gasteiger partial charge in [0.15, 0.2) is 0 Å². The Morgan fingerprint density at radius 1 is 1.29 bits per heavy atom. The van der Waals surface area contributed by atoms with Gasteiger partial charge in [-0.3, -0.25) is 4.90 Å². The average molecular weight is 311 g/mol. The summed E-state index contributed by atoms with van der Waals surface area (Å²) < 4.78 is 0. The molecule has 0 amide bonds. The van der Waals surface area contributed by atoms with E-state index >= 15 is 0 Å². The normalized spacial score (nSPS) is 19.6. The highest BCUT2D eigenvalue weighted by Crippen LogP contribution is 2.27. The van der Waals surface area contributed by atoms with E-state index in [0.717, 1.165) is 37.8 Å². The van der Waals surface area contributed by atoms with E-state index < -0.39 is 0 Å². The smallest absolute Gasteiger partial charge is 0.137 e. The van der Waals surface area contributed by atoms with Crippen molar-refractivity contribution in [2.75, 3.05) is 31.1 Å². The minimum absolute atomic E-state index is 0.0857. The quantitative estimate of drug-likeness (QED) is 0.798. The van der Waals surface area contributed by atoms with E-state index in [0.29, 0.717) is 11.2 Å². The monoisotopic (exact) mass is 310 g/mol. The third-order valence-corrected chi connectivity index (χ3v) is 4.36. The summed E-state index contributed by atoms with van der Waals surface area (Å²) in [4.78, 5) is 14.0. The van der Waals surface area contributed by atoms with Crippen LogP contribution < -0.4 is 4.90 Å². The summed E-state index contributed by atoms with van der Waals surface area (Å²) in [5.74, 6) is 1.78. The Balaban J connectivity index is 2.18. The molecule has 0 spiro atoms. The Morgan fingerprint density at radius 2 is 1.95 bits per heavy atom. The van der Waals surface area contributed by atoms with Gasteiger partial charge in [-0.05, 0) is 19.5 Å². The van der Waals surface area contributed by atoms with Crippen LogP contribution in [0.3, 0.4) is 0 Å². The highest BCUT2D eigenvalue weighted by Gasteiger charge is 2.28. The van der Waals surface area contributed by atoms with Crippen molar-refractivity contribution in [1.82, 2.24) is 14.9 Å². The molecule has 0 N–H and O–H groups in total. The predicted molar refractivity (Wildman–Crippen MR) is 89.3 cm³/mol. The van der Waals surface area contributed by atoms with Crippen LogP contribution in [0.4, 0.5) is 5.82 Å². The number of rotatable bonds is 4. The largest absolute Gasteiger partial charge is 0.355 e. The van der Waals surface area contributed by atoms with Crippen molar-refractivity contribution in [3.8, 4) is 0 Å². The second kappa shape index (κ2) is 6.49. The Morgan fingerprint density at radius 3 is 2.52 bits per heavy atom. The van der Waals surface area contributed by atoms with Gasteiger partial charge in [-0.2, -0.15) is 0 Å². The van der Waals surface area contributed by atoms with E-state index in [4.69, 9.17) is 16.6 Å². The maximum absolute atomic E-state index is 6.20. The fourth-order valence-electron chi connectivity index (χ4n) is 2.89. The molecule has 2 heterocycles. The lowest BCUT2D eigenvalue weighted by Crippen LogP contribution is -2.37. The van der Waals surface area contributed by atoms with Crippen molar-refractivity contribution in [3.05, 3.63) is 17.0 Å². The molecule has 0 aromatic carbocycles. The van der Waals surface area contributed by atoms with Gasteiger partial charge in [0.2, 0.25) is 0 Å². The highest BCUT2D eigenvalue weighted by molar-refractivity contribution is 6.29. The van der Waals surface area contributed by atoms with Crippen LogP contribution in [0.5, 0.6) is 0 Å². The second-order valence-electron chi connectivity index (χ2n) is 6.73. The molecule has 4 nitrogen and oxygen atoms in total. The van der Waals surface area contributed by atoms with Gasteiger partial charge < -0.3 is 4.90 Å². The second-order valence-corrected chi connectivity index (χ2v) is 7.12. The Bertz CT molecular complexity index is 480. The van der Waals surface area contributed by atoms with Crippen LogP contribution in [0, 0.1) is 0 Å². The number of hydrogen-bond donors (Lipinski definition) is 0. The van der Waals surface area contributed by atoms with Crippen molar-refractivity contribution in [2.45, 2.75) is 52.5 Å². The lowest BCUT2D eigenvalue weighted by atomic mass is 9.96. The Labute approximate surface area is 133 Å². The zero-order valence-electron chi connectivity index (χ0n) is 13.9. The molecule has 1 unspecified atom stereocenters. The molecule has 0 saturated carbocycles. The topological polar surface area (TPSA) is 32.3 Å². The maximum atomic E-state index is 6.20. The maximum Gasteiger partial charge on any atom is 0.137 e. The summed E-state index contributed by atoms with van der Waals surface area (Å²) in [5.41, 5.74) is -0.0857. The average Bonchev–Trinajstić information content (AvgIpc) is 2.88. The van der Waals surface area contributed by atoms with Gasteiger partial charge >= 0.3 is 0 Å². The highest BCUT2D eigenvalue weighted by atomic mass is 35.5. The van der Waals surface area contributed by atoms with Gasteiger partial charge in [0.1, 0.15) is 16.8 Å². The van der Waals surface area contributed by atoms with E-state index in [2.05, 4.69) is 49.4 Å². The molecule has 1 aromatic rings. The Kier molecular flexibility index (Phi) is 5.10. The fraction of sp³-hybridized carbons (Fsp3) is 0.750. The number of anilines is 1. The molecule has 5 heteroatoms. The van der Waals surface area contributed by atoms with Gasteiger partial charge in [-0.25, -0.2) is 9.97 Å². The first kappa shape index (κ1) is 16.5.